The summed E-state index contributed by atoms with van der Waals surface area (Å²) in [4.78, 5) is 2.55. The summed E-state index contributed by atoms with van der Waals surface area (Å²) in [7, 11) is 0. The van der Waals surface area contributed by atoms with Crippen molar-refractivity contribution in [1.29, 1.82) is 0 Å². The van der Waals surface area contributed by atoms with Crippen LogP contribution in [-0.2, 0) is 5.41 Å². The van der Waals surface area contributed by atoms with Gasteiger partial charge in [0.25, 0.3) is 0 Å². The Bertz CT molecular complexity index is 3340. The van der Waals surface area contributed by atoms with Crippen LogP contribution in [0, 0.1) is 11.8 Å². The first kappa shape index (κ1) is 36.3. The molecule has 2 heteroatoms. The van der Waals surface area contributed by atoms with Crippen molar-refractivity contribution in [1.82, 2.24) is 4.57 Å². The fourth-order valence-electron chi connectivity index (χ4n) is 12.4. The highest BCUT2D eigenvalue weighted by Crippen LogP contribution is 2.66. The fourth-order valence-corrected chi connectivity index (χ4v) is 12.4. The molecule has 3 atom stereocenters. The van der Waals surface area contributed by atoms with Gasteiger partial charge in [-0.1, -0.05) is 176 Å². The van der Waals surface area contributed by atoms with Crippen LogP contribution in [0.1, 0.15) is 36.8 Å². The lowest BCUT2D eigenvalue weighted by molar-refractivity contribution is 0.327. The zero-order valence-electron chi connectivity index (χ0n) is 35.2. The molecule has 3 aliphatic rings. The molecule has 1 heterocycles. The van der Waals surface area contributed by atoms with E-state index >= 15 is 0 Å². The molecule has 3 aliphatic carbocycles. The Morgan fingerprint density at radius 2 is 0.984 bits per heavy atom. The van der Waals surface area contributed by atoms with Crippen LogP contribution in [0.3, 0.4) is 0 Å². The molecule has 10 aromatic rings. The minimum absolute atomic E-state index is 0.0641. The maximum absolute atomic E-state index is 2.59. The van der Waals surface area contributed by atoms with Crippen molar-refractivity contribution >= 4 is 38.9 Å². The van der Waals surface area contributed by atoms with E-state index in [0.29, 0.717) is 5.92 Å². The van der Waals surface area contributed by atoms with Gasteiger partial charge in [-0.25, -0.2) is 0 Å². The summed E-state index contributed by atoms with van der Waals surface area (Å²) in [5.41, 5.74) is 20.3. The molecule has 300 valence electrons. The SMILES string of the molecule is c1ccc(-c2ccccc2-c2ccccc2-c2ccccc2N(c2cccc(-n3c4ccccc4c4ccccc43)c2)c2ccc3c(c2)C2(CC4CCC2C4)c2ccccc2-3)cc1. The number of para-hydroxylation sites is 3. The van der Waals surface area contributed by atoms with E-state index in [-0.39, 0.29) is 5.41 Å². The van der Waals surface area contributed by atoms with Gasteiger partial charge >= 0.3 is 0 Å². The summed E-state index contributed by atoms with van der Waals surface area (Å²) in [6, 6.07) is 81.3. The van der Waals surface area contributed by atoms with Gasteiger partial charge in [-0.05, 0) is 130 Å². The standard InChI is InChI=1S/C61H46N2/c1-2-17-42(18-3-1)47-21-4-5-22-48(47)49-23-6-7-24-50(49)53-26-9-13-30-58(53)62(44-19-16-20-45(38-44)63-59-31-14-10-27-54(59)55-28-11-15-32-60(55)63)46-35-36-52-51-25-8-12-29-56(51)61(57(52)39-46)40-41-33-34-43(61)37-41/h1-32,35-36,38-39,41,43H,33-34,37,40H2. The first-order valence-corrected chi connectivity index (χ1v) is 22.7. The number of hydrogen-bond acceptors (Lipinski definition) is 1. The lowest BCUT2D eigenvalue weighted by Crippen LogP contribution is -2.32. The van der Waals surface area contributed by atoms with E-state index in [9.17, 15) is 0 Å². The van der Waals surface area contributed by atoms with Gasteiger partial charge in [-0.2, -0.15) is 0 Å². The van der Waals surface area contributed by atoms with Crippen molar-refractivity contribution in [2.75, 3.05) is 4.90 Å². The summed E-state index contributed by atoms with van der Waals surface area (Å²) < 4.78 is 2.44. The van der Waals surface area contributed by atoms with Gasteiger partial charge in [-0.3, -0.25) is 0 Å². The average molecular weight is 807 g/mol. The molecule has 1 aromatic heterocycles. The van der Waals surface area contributed by atoms with E-state index in [0.717, 1.165) is 23.0 Å². The number of fused-ring (bicyclic) bond motifs is 11. The third-order valence-corrected chi connectivity index (χ3v) is 14.9. The van der Waals surface area contributed by atoms with E-state index in [2.05, 4.69) is 228 Å². The number of aromatic nitrogens is 1. The molecule has 0 aliphatic heterocycles. The van der Waals surface area contributed by atoms with Crippen molar-refractivity contribution in [3.8, 4) is 50.2 Å². The topological polar surface area (TPSA) is 8.17 Å². The van der Waals surface area contributed by atoms with Crippen molar-refractivity contribution in [2.45, 2.75) is 31.1 Å². The molecule has 0 radical (unpaired) electrons. The van der Waals surface area contributed by atoms with E-state index in [1.165, 1.54) is 103 Å². The highest BCUT2D eigenvalue weighted by atomic mass is 15.1. The number of nitrogens with zero attached hydrogens (tertiary/aromatic N) is 2. The largest absolute Gasteiger partial charge is 0.310 e. The Kier molecular flexibility index (Phi) is 8.24. The highest BCUT2D eigenvalue weighted by molar-refractivity contribution is 6.09. The summed E-state index contributed by atoms with van der Waals surface area (Å²) >= 11 is 0. The molecular weight excluding hydrogens is 761 g/mol. The van der Waals surface area contributed by atoms with Crippen LogP contribution >= 0.6 is 0 Å². The molecule has 13 rings (SSSR count). The second-order valence-electron chi connectivity index (χ2n) is 18.0. The molecule has 3 unspecified atom stereocenters. The van der Waals surface area contributed by atoms with Gasteiger partial charge in [0.1, 0.15) is 0 Å². The Balaban J connectivity index is 1.05. The summed E-state index contributed by atoms with van der Waals surface area (Å²) in [5, 5.41) is 2.53. The predicted octanol–water partition coefficient (Wildman–Crippen LogP) is 16.3. The van der Waals surface area contributed by atoms with Crippen LogP contribution in [0.5, 0.6) is 0 Å². The molecule has 63 heavy (non-hydrogen) atoms. The van der Waals surface area contributed by atoms with E-state index in [1.54, 1.807) is 5.56 Å². The van der Waals surface area contributed by atoms with Gasteiger partial charge in [0, 0.05) is 38.8 Å². The Morgan fingerprint density at radius 3 is 1.70 bits per heavy atom. The maximum atomic E-state index is 2.59. The smallest absolute Gasteiger partial charge is 0.0541 e. The van der Waals surface area contributed by atoms with Gasteiger partial charge < -0.3 is 9.47 Å². The predicted molar refractivity (Wildman–Crippen MR) is 263 cm³/mol. The van der Waals surface area contributed by atoms with Crippen molar-refractivity contribution in [2.24, 2.45) is 11.8 Å². The second kappa shape index (κ2) is 14.3. The van der Waals surface area contributed by atoms with Gasteiger partial charge in [0.2, 0.25) is 0 Å². The van der Waals surface area contributed by atoms with Crippen molar-refractivity contribution in [3.63, 3.8) is 0 Å². The number of anilines is 3. The lowest BCUT2D eigenvalue weighted by Gasteiger charge is -2.37. The minimum Gasteiger partial charge on any atom is -0.310 e. The zero-order valence-corrected chi connectivity index (χ0v) is 35.2. The number of hydrogen-bond donors (Lipinski definition) is 0. The third-order valence-electron chi connectivity index (χ3n) is 14.9. The lowest BCUT2D eigenvalue weighted by atomic mass is 9.67. The minimum atomic E-state index is 0.0641. The van der Waals surface area contributed by atoms with Crippen molar-refractivity contribution < 1.29 is 0 Å². The van der Waals surface area contributed by atoms with Crippen molar-refractivity contribution in [3.05, 3.63) is 230 Å². The summed E-state index contributed by atoms with van der Waals surface area (Å²) in [6.45, 7) is 0. The Morgan fingerprint density at radius 1 is 0.413 bits per heavy atom. The molecule has 0 amide bonds. The van der Waals surface area contributed by atoms with Gasteiger partial charge in [-0.15, -0.1) is 0 Å². The van der Waals surface area contributed by atoms with Gasteiger partial charge in [0.15, 0.2) is 0 Å². The number of benzene rings is 9. The van der Waals surface area contributed by atoms with Crippen LogP contribution in [0.4, 0.5) is 17.1 Å². The summed E-state index contributed by atoms with van der Waals surface area (Å²) in [5.74, 6) is 1.48. The van der Waals surface area contributed by atoms with Crippen LogP contribution < -0.4 is 4.90 Å². The van der Waals surface area contributed by atoms with Crippen LogP contribution in [0.25, 0.3) is 72.0 Å². The van der Waals surface area contributed by atoms with Gasteiger partial charge in [0.05, 0.1) is 16.7 Å². The van der Waals surface area contributed by atoms with Crippen LogP contribution in [0.15, 0.2) is 218 Å². The van der Waals surface area contributed by atoms with Crippen LogP contribution in [0.2, 0.25) is 0 Å². The normalized spacial score (nSPS) is 18.3. The Hall–Kier alpha value is -7.42. The first-order valence-electron chi connectivity index (χ1n) is 22.7. The van der Waals surface area contributed by atoms with E-state index in [1.807, 2.05) is 0 Å². The molecule has 2 bridgehead atoms. The number of rotatable bonds is 7. The fraction of sp³-hybridized carbons (Fsp3) is 0.115. The molecule has 0 N–H and O–H groups in total. The molecule has 9 aromatic carbocycles. The second-order valence-corrected chi connectivity index (χ2v) is 18.0. The quantitative estimate of drug-likeness (QED) is 0.156. The highest BCUT2D eigenvalue weighted by Gasteiger charge is 2.56. The molecule has 1 spiro atoms. The first-order chi connectivity index (χ1) is 31.2. The monoisotopic (exact) mass is 806 g/mol. The molecule has 2 fully saturated rings. The Labute approximate surface area is 369 Å². The van der Waals surface area contributed by atoms with E-state index in [4.69, 9.17) is 0 Å². The summed E-state index contributed by atoms with van der Waals surface area (Å²) in [6.07, 6.45) is 5.27. The molecule has 2 nitrogen and oxygen atoms in total. The third kappa shape index (κ3) is 5.50. The van der Waals surface area contributed by atoms with Crippen LogP contribution in [-0.4, -0.2) is 4.57 Å². The average Bonchev–Trinajstić information content (AvgIpc) is 4.13. The molecule has 0 saturated heterocycles. The molecular formula is C61H46N2. The molecule has 2 saturated carbocycles. The maximum Gasteiger partial charge on any atom is 0.0541 e. The zero-order chi connectivity index (χ0) is 41.5. The van der Waals surface area contributed by atoms with E-state index < -0.39 is 0 Å².